The van der Waals surface area contributed by atoms with Crippen molar-refractivity contribution in [3.63, 3.8) is 0 Å². The molecule has 0 radical (unpaired) electrons. The number of allylic oxidation sites excluding steroid dienone is 2. The molecule has 6 heteroatoms. The van der Waals surface area contributed by atoms with Crippen molar-refractivity contribution in [1.29, 1.82) is 5.26 Å². The lowest BCUT2D eigenvalue weighted by atomic mass is 9.57. The lowest BCUT2D eigenvalue weighted by Crippen LogP contribution is -2.45. The van der Waals surface area contributed by atoms with Crippen LogP contribution in [-0.2, 0) is 11.8 Å². The first-order valence-corrected chi connectivity index (χ1v) is 11.6. The Balaban J connectivity index is 1.76. The molecular weight excluding hydrogens is 412 g/mol. The van der Waals surface area contributed by atoms with Crippen molar-refractivity contribution in [2.24, 2.45) is 11.8 Å². The van der Waals surface area contributed by atoms with Crippen LogP contribution in [0.3, 0.4) is 0 Å². The van der Waals surface area contributed by atoms with Gasteiger partial charge in [0.15, 0.2) is 5.82 Å². The third-order valence-electron chi connectivity index (χ3n) is 7.29. The van der Waals surface area contributed by atoms with Gasteiger partial charge < -0.3 is 9.84 Å². The molecule has 33 heavy (non-hydrogen) atoms. The average molecular weight is 441 g/mol. The summed E-state index contributed by atoms with van der Waals surface area (Å²) in [7, 11) is 0. The maximum Gasteiger partial charge on any atom is 0.220 e. The molecule has 1 N–H and O–H groups in total. The van der Waals surface area contributed by atoms with Crippen molar-refractivity contribution in [1.82, 2.24) is 15.0 Å². The van der Waals surface area contributed by atoms with Crippen LogP contribution in [0.4, 0.5) is 0 Å². The minimum Gasteiger partial charge on any atom is -0.511 e. The molecule has 3 aromatic rings. The Morgan fingerprint density at radius 2 is 2.00 bits per heavy atom. The summed E-state index contributed by atoms with van der Waals surface area (Å²) in [5.41, 5.74) is 3.82. The fraction of sp³-hybridized carbons (Fsp3) is 0.407. The number of hydrogen-bond acceptors (Lipinski definition) is 6. The average Bonchev–Trinajstić information content (AvgIpc) is 2.81. The summed E-state index contributed by atoms with van der Waals surface area (Å²) in [6, 6.07) is 12.2. The van der Waals surface area contributed by atoms with Crippen molar-refractivity contribution >= 4 is 10.9 Å². The molecule has 0 unspecified atom stereocenters. The van der Waals surface area contributed by atoms with Crippen LogP contribution in [0.15, 0.2) is 47.9 Å². The molecule has 0 bridgehead atoms. The predicted molar refractivity (Wildman–Crippen MR) is 127 cm³/mol. The molecule has 0 spiro atoms. The second-order valence-electron chi connectivity index (χ2n) is 9.73. The van der Waals surface area contributed by atoms with E-state index in [2.05, 4.69) is 18.0 Å². The van der Waals surface area contributed by atoms with E-state index in [9.17, 15) is 10.4 Å². The molecule has 6 nitrogen and oxygen atoms in total. The molecule has 0 amide bonds. The molecule has 3 atom stereocenters. The molecule has 5 rings (SSSR count). The molecule has 0 saturated carbocycles. The normalized spacial score (nSPS) is 24.4. The highest BCUT2D eigenvalue weighted by molar-refractivity contribution is 5.92. The number of nitriles is 1. The lowest BCUT2D eigenvalue weighted by Gasteiger charge is -2.47. The molecule has 0 saturated heterocycles. The highest BCUT2D eigenvalue weighted by atomic mass is 16.5. The molecular formula is C27H28N4O2. The van der Waals surface area contributed by atoms with E-state index in [0.29, 0.717) is 23.7 Å². The predicted octanol–water partition coefficient (Wildman–Crippen LogP) is 5.67. The summed E-state index contributed by atoms with van der Waals surface area (Å²) in [5.74, 6) is 1.55. The van der Waals surface area contributed by atoms with E-state index < -0.39 is 0 Å². The molecule has 2 aliphatic rings. The van der Waals surface area contributed by atoms with E-state index in [4.69, 9.17) is 14.7 Å². The van der Waals surface area contributed by atoms with Crippen LogP contribution in [0.25, 0.3) is 22.3 Å². The number of fused-ring (bicyclic) bond motifs is 4. The number of aliphatic hydroxyl groups excluding tert-OH is 1. The van der Waals surface area contributed by atoms with Crippen LogP contribution in [0.2, 0.25) is 0 Å². The van der Waals surface area contributed by atoms with Crippen molar-refractivity contribution < 1.29 is 9.84 Å². The Labute approximate surface area is 194 Å². The summed E-state index contributed by atoms with van der Waals surface area (Å²) in [5, 5.41) is 21.4. The number of pyridine rings is 1. The van der Waals surface area contributed by atoms with Crippen molar-refractivity contribution in [3.05, 3.63) is 59.1 Å². The number of aromatic nitrogens is 3. The molecule has 2 aromatic heterocycles. The SMILES string of the molecule is CC(C)Oc1nc(-c2ccnc3ccccc23)nc2c1CC[C@@H]1[C@@H](C)C(O)=C(C#N)C[C@@]21C. The Hall–Kier alpha value is -3.46. The number of benzene rings is 1. The van der Waals surface area contributed by atoms with Crippen molar-refractivity contribution in [2.75, 3.05) is 0 Å². The van der Waals surface area contributed by atoms with Crippen molar-refractivity contribution in [3.8, 4) is 23.3 Å². The lowest BCUT2D eigenvalue weighted by molar-refractivity contribution is 0.132. The highest BCUT2D eigenvalue weighted by Crippen LogP contribution is 2.54. The largest absolute Gasteiger partial charge is 0.511 e. The Morgan fingerprint density at radius 1 is 1.21 bits per heavy atom. The summed E-state index contributed by atoms with van der Waals surface area (Å²) in [6.45, 7) is 8.20. The van der Waals surface area contributed by atoms with Gasteiger partial charge in [-0.2, -0.15) is 10.2 Å². The van der Waals surface area contributed by atoms with Gasteiger partial charge in [0.2, 0.25) is 5.88 Å². The third kappa shape index (κ3) is 3.34. The van der Waals surface area contributed by atoms with E-state index in [0.717, 1.165) is 40.6 Å². The van der Waals surface area contributed by atoms with E-state index in [1.807, 2.05) is 51.1 Å². The zero-order valence-electron chi connectivity index (χ0n) is 19.5. The van der Waals surface area contributed by atoms with E-state index in [1.54, 1.807) is 6.20 Å². The van der Waals surface area contributed by atoms with Crippen molar-refractivity contribution in [2.45, 2.75) is 58.5 Å². The van der Waals surface area contributed by atoms with E-state index in [-0.39, 0.29) is 29.1 Å². The maximum atomic E-state index is 10.7. The number of aliphatic hydroxyl groups is 1. The first-order chi connectivity index (χ1) is 15.8. The van der Waals surface area contributed by atoms with Crippen LogP contribution >= 0.6 is 0 Å². The number of rotatable bonds is 3. The van der Waals surface area contributed by atoms with Crippen LogP contribution in [0, 0.1) is 23.2 Å². The fourth-order valence-electron chi connectivity index (χ4n) is 5.72. The Bertz CT molecular complexity index is 1320. The van der Waals surface area contributed by atoms with Crippen LogP contribution in [0.5, 0.6) is 5.88 Å². The van der Waals surface area contributed by atoms with Crippen LogP contribution in [0.1, 0.15) is 51.8 Å². The quantitative estimate of drug-likeness (QED) is 0.564. The topological polar surface area (TPSA) is 91.9 Å². The summed E-state index contributed by atoms with van der Waals surface area (Å²) in [4.78, 5) is 14.5. The molecule has 1 aromatic carbocycles. The molecule has 0 fully saturated rings. The first-order valence-electron chi connectivity index (χ1n) is 11.6. The molecule has 2 heterocycles. The first kappa shape index (κ1) is 21.4. The zero-order valence-corrected chi connectivity index (χ0v) is 19.5. The minimum absolute atomic E-state index is 0.0274. The van der Waals surface area contributed by atoms with Crippen LogP contribution in [-0.4, -0.2) is 26.2 Å². The maximum absolute atomic E-state index is 10.7. The number of nitrogens with zero attached hydrogens (tertiary/aromatic N) is 4. The second-order valence-corrected chi connectivity index (χ2v) is 9.73. The molecule has 168 valence electrons. The van der Waals surface area contributed by atoms with Crippen LogP contribution < -0.4 is 4.74 Å². The minimum atomic E-state index is -0.389. The standard InChI is InChI=1S/C27H28N4O2/c1-15(2)33-26-20-9-10-21-16(3)23(32)17(14-28)13-27(21,4)24(20)30-25(31-26)19-11-12-29-22-8-6-5-7-18(19)22/h5-8,11-12,15-16,21,32H,9-10,13H2,1-4H3/t16-,21-,27-/m1/s1. The van der Waals surface area contributed by atoms with E-state index in [1.165, 1.54) is 0 Å². The van der Waals surface area contributed by atoms with Gasteiger partial charge in [0.25, 0.3) is 0 Å². The highest BCUT2D eigenvalue weighted by Gasteiger charge is 2.50. The number of hydrogen-bond donors (Lipinski definition) is 1. The van der Waals surface area contributed by atoms with Gasteiger partial charge in [0.1, 0.15) is 5.76 Å². The van der Waals surface area contributed by atoms with E-state index >= 15 is 0 Å². The van der Waals surface area contributed by atoms with Gasteiger partial charge in [-0.3, -0.25) is 4.98 Å². The third-order valence-corrected chi connectivity index (χ3v) is 7.29. The number of ether oxygens (including phenoxy) is 1. The van der Waals surface area contributed by atoms with Gasteiger partial charge in [-0.25, -0.2) is 4.98 Å². The Morgan fingerprint density at radius 3 is 2.76 bits per heavy atom. The van der Waals surface area contributed by atoms with Gasteiger partial charge in [0, 0.05) is 34.0 Å². The smallest absolute Gasteiger partial charge is 0.220 e. The van der Waals surface area contributed by atoms with Gasteiger partial charge in [-0.15, -0.1) is 0 Å². The summed E-state index contributed by atoms with van der Waals surface area (Å²) < 4.78 is 6.22. The summed E-state index contributed by atoms with van der Waals surface area (Å²) in [6.07, 6.45) is 3.90. The van der Waals surface area contributed by atoms with Gasteiger partial charge >= 0.3 is 0 Å². The number of para-hydroxylation sites is 1. The fourth-order valence-corrected chi connectivity index (χ4v) is 5.72. The van der Waals surface area contributed by atoms with Gasteiger partial charge in [-0.1, -0.05) is 32.0 Å². The zero-order chi connectivity index (χ0) is 23.3. The molecule has 2 aliphatic carbocycles. The second kappa shape index (κ2) is 7.84. The van der Waals surface area contributed by atoms with Gasteiger partial charge in [-0.05, 0) is 51.2 Å². The monoisotopic (exact) mass is 440 g/mol. The molecule has 0 aliphatic heterocycles. The summed E-state index contributed by atoms with van der Waals surface area (Å²) >= 11 is 0. The van der Waals surface area contributed by atoms with Gasteiger partial charge in [0.05, 0.1) is 29.0 Å². The Kier molecular flexibility index (Phi) is 5.08.